The third-order valence-corrected chi connectivity index (χ3v) is 1.65. The number of aliphatic hydroxyl groups is 1. The van der Waals surface area contributed by atoms with Gasteiger partial charge in [0.05, 0.1) is 11.5 Å². The minimum absolute atomic E-state index is 0.0911. The zero-order valence-corrected chi connectivity index (χ0v) is 8.10. The van der Waals surface area contributed by atoms with Crippen LogP contribution < -0.4 is 10.6 Å². The first kappa shape index (κ1) is 11.1. The van der Waals surface area contributed by atoms with E-state index >= 15 is 0 Å². The molecule has 1 rings (SSSR count). The van der Waals surface area contributed by atoms with Crippen LogP contribution in [0.5, 0.6) is 0 Å². The number of nitrogens with one attached hydrogen (secondary N) is 2. The average molecular weight is 213 g/mol. The summed E-state index contributed by atoms with van der Waals surface area (Å²) in [6, 6.07) is 0. The Morgan fingerprint density at radius 1 is 1.53 bits per heavy atom. The van der Waals surface area contributed by atoms with Gasteiger partial charge in [0.2, 0.25) is 11.6 Å². The predicted octanol–water partition coefficient (Wildman–Crippen LogP) is -0.169. The van der Waals surface area contributed by atoms with Gasteiger partial charge in [-0.3, -0.25) is 10.1 Å². The Morgan fingerprint density at radius 3 is 2.73 bits per heavy atom. The number of hydrogen-bond acceptors (Lipinski definition) is 7. The summed E-state index contributed by atoms with van der Waals surface area (Å²) in [7, 11) is 1.53. The first-order valence-electron chi connectivity index (χ1n) is 4.22. The Bertz CT molecular complexity index is 356. The van der Waals surface area contributed by atoms with Crippen LogP contribution in [0.15, 0.2) is 6.33 Å². The van der Waals surface area contributed by atoms with Crippen LogP contribution in [0.1, 0.15) is 0 Å². The molecule has 15 heavy (non-hydrogen) atoms. The second-order valence-corrected chi connectivity index (χ2v) is 2.58. The van der Waals surface area contributed by atoms with Crippen LogP contribution in [-0.2, 0) is 0 Å². The summed E-state index contributed by atoms with van der Waals surface area (Å²) in [6.07, 6.45) is 1.21. The molecule has 0 fully saturated rings. The monoisotopic (exact) mass is 213 g/mol. The third-order valence-electron chi connectivity index (χ3n) is 1.65. The molecule has 82 valence electrons. The first-order chi connectivity index (χ1) is 7.20. The van der Waals surface area contributed by atoms with Crippen LogP contribution in [0.4, 0.5) is 17.3 Å². The number of aliphatic hydroxyl groups excluding tert-OH is 1. The Hall–Kier alpha value is -1.96. The molecule has 0 aliphatic rings. The van der Waals surface area contributed by atoms with E-state index in [4.69, 9.17) is 5.11 Å². The fourth-order valence-electron chi connectivity index (χ4n) is 1.04. The minimum Gasteiger partial charge on any atom is -0.395 e. The van der Waals surface area contributed by atoms with E-state index in [1.54, 1.807) is 0 Å². The molecule has 0 amide bonds. The van der Waals surface area contributed by atoms with Gasteiger partial charge in [0.15, 0.2) is 0 Å². The molecule has 8 nitrogen and oxygen atoms in total. The summed E-state index contributed by atoms with van der Waals surface area (Å²) in [4.78, 5) is 17.6. The smallest absolute Gasteiger partial charge is 0.353 e. The van der Waals surface area contributed by atoms with Gasteiger partial charge in [-0.25, -0.2) is 9.97 Å². The highest BCUT2D eigenvalue weighted by molar-refractivity contribution is 5.68. The number of hydrogen-bond donors (Lipinski definition) is 3. The molecule has 0 aliphatic carbocycles. The van der Waals surface area contributed by atoms with Crippen LogP contribution >= 0.6 is 0 Å². The summed E-state index contributed by atoms with van der Waals surface area (Å²) >= 11 is 0. The average Bonchev–Trinajstić information content (AvgIpc) is 2.25. The maximum Gasteiger partial charge on any atom is 0.353 e. The normalized spacial score (nSPS) is 9.73. The van der Waals surface area contributed by atoms with Crippen molar-refractivity contribution in [3.05, 3.63) is 16.4 Å². The van der Waals surface area contributed by atoms with E-state index in [0.29, 0.717) is 0 Å². The lowest BCUT2D eigenvalue weighted by Crippen LogP contribution is -2.11. The van der Waals surface area contributed by atoms with Crippen molar-refractivity contribution in [2.45, 2.75) is 0 Å². The zero-order chi connectivity index (χ0) is 11.3. The number of aromatic nitrogens is 2. The number of nitrogens with zero attached hydrogens (tertiary/aromatic N) is 3. The molecule has 0 radical (unpaired) electrons. The van der Waals surface area contributed by atoms with Gasteiger partial charge in [-0.1, -0.05) is 0 Å². The Morgan fingerprint density at radius 2 is 2.20 bits per heavy atom. The summed E-state index contributed by atoms with van der Waals surface area (Å²) in [5.74, 6) is 0.226. The van der Waals surface area contributed by atoms with Crippen molar-refractivity contribution in [3.8, 4) is 0 Å². The van der Waals surface area contributed by atoms with Crippen LogP contribution in [-0.4, -0.2) is 40.2 Å². The second-order valence-electron chi connectivity index (χ2n) is 2.58. The lowest BCUT2D eigenvalue weighted by Gasteiger charge is -2.06. The second kappa shape index (κ2) is 5.05. The molecule has 0 bridgehead atoms. The van der Waals surface area contributed by atoms with Gasteiger partial charge in [0.25, 0.3) is 0 Å². The molecule has 1 aromatic heterocycles. The van der Waals surface area contributed by atoms with Crippen molar-refractivity contribution in [2.24, 2.45) is 0 Å². The summed E-state index contributed by atoms with van der Waals surface area (Å²) in [5, 5.41) is 24.6. The van der Waals surface area contributed by atoms with Crippen molar-refractivity contribution in [2.75, 3.05) is 30.8 Å². The van der Waals surface area contributed by atoms with Crippen LogP contribution in [0.2, 0.25) is 0 Å². The summed E-state index contributed by atoms with van der Waals surface area (Å²) in [6.45, 7) is 0.0665. The van der Waals surface area contributed by atoms with E-state index in [0.717, 1.165) is 0 Å². The van der Waals surface area contributed by atoms with Crippen LogP contribution in [0.25, 0.3) is 0 Å². The first-order valence-corrected chi connectivity index (χ1v) is 4.22. The molecule has 0 unspecified atom stereocenters. The summed E-state index contributed by atoms with van der Waals surface area (Å²) in [5.41, 5.74) is -0.228. The molecule has 3 N–H and O–H groups in total. The molecule has 8 heteroatoms. The van der Waals surface area contributed by atoms with Crippen molar-refractivity contribution >= 4 is 17.3 Å². The lowest BCUT2D eigenvalue weighted by molar-refractivity contribution is -0.383. The molecule has 0 aromatic carbocycles. The van der Waals surface area contributed by atoms with E-state index < -0.39 is 4.92 Å². The van der Waals surface area contributed by atoms with Gasteiger partial charge in [-0.2, -0.15) is 0 Å². The van der Waals surface area contributed by atoms with Gasteiger partial charge in [-0.05, 0) is 0 Å². The zero-order valence-electron chi connectivity index (χ0n) is 8.10. The fraction of sp³-hybridized carbons (Fsp3) is 0.429. The van der Waals surface area contributed by atoms with Gasteiger partial charge in [0, 0.05) is 13.6 Å². The molecular weight excluding hydrogens is 202 g/mol. The molecule has 0 aliphatic heterocycles. The highest BCUT2D eigenvalue weighted by atomic mass is 16.6. The molecule has 0 saturated carbocycles. The van der Waals surface area contributed by atoms with E-state index in [2.05, 4.69) is 20.6 Å². The number of nitro groups is 1. The number of anilines is 2. The maximum atomic E-state index is 10.7. The standard InChI is InChI=1S/C7H11N5O3/c1-8-6-5(12(14)15)7(9-2-3-13)11-4-10-6/h4,13H,2-3H2,1H3,(H2,8,9,10,11). The van der Waals surface area contributed by atoms with E-state index in [1.807, 2.05) is 0 Å². The van der Waals surface area contributed by atoms with Crippen molar-refractivity contribution < 1.29 is 10.0 Å². The highest BCUT2D eigenvalue weighted by Gasteiger charge is 2.21. The topological polar surface area (TPSA) is 113 Å². The molecule has 0 spiro atoms. The quantitative estimate of drug-likeness (QED) is 0.459. The molecule has 0 atom stereocenters. The van der Waals surface area contributed by atoms with Crippen LogP contribution in [0, 0.1) is 10.1 Å². The van der Waals surface area contributed by atoms with E-state index in [-0.39, 0.29) is 30.5 Å². The minimum atomic E-state index is -0.578. The van der Waals surface area contributed by atoms with Crippen LogP contribution in [0.3, 0.4) is 0 Å². The summed E-state index contributed by atoms with van der Waals surface area (Å²) < 4.78 is 0. The Kier molecular flexibility index (Phi) is 3.75. The highest BCUT2D eigenvalue weighted by Crippen LogP contribution is 2.27. The predicted molar refractivity (Wildman–Crippen MR) is 53.8 cm³/mol. The molecule has 0 saturated heterocycles. The van der Waals surface area contributed by atoms with E-state index in [1.165, 1.54) is 13.4 Å². The Labute approximate surface area is 85.5 Å². The third kappa shape index (κ3) is 2.50. The van der Waals surface area contributed by atoms with E-state index in [9.17, 15) is 10.1 Å². The molecular formula is C7H11N5O3. The van der Waals surface area contributed by atoms with Crippen molar-refractivity contribution in [3.63, 3.8) is 0 Å². The molecule has 1 heterocycles. The Balaban J connectivity index is 3.07. The largest absolute Gasteiger partial charge is 0.395 e. The van der Waals surface area contributed by atoms with Gasteiger partial charge in [0.1, 0.15) is 6.33 Å². The van der Waals surface area contributed by atoms with Gasteiger partial charge in [-0.15, -0.1) is 0 Å². The maximum absolute atomic E-state index is 10.7. The van der Waals surface area contributed by atoms with Gasteiger partial charge < -0.3 is 15.7 Å². The number of rotatable bonds is 5. The fourth-order valence-corrected chi connectivity index (χ4v) is 1.04. The van der Waals surface area contributed by atoms with Crippen molar-refractivity contribution in [1.29, 1.82) is 0 Å². The van der Waals surface area contributed by atoms with Crippen molar-refractivity contribution in [1.82, 2.24) is 9.97 Å². The SMILES string of the molecule is CNc1ncnc(NCCO)c1[N+](=O)[O-]. The molecule has 1 aromatic rings. The lowest BCUT2D eigenvalue weighted by atomic mass is 10.4. The van der Waals surface area contributed by atoms with Gasteiger partial charge >= 0.3 is 5.69 Å².